The Bertz CT molecular complexity index is 693. The summed E-state index contributed by atoms with van der Waals surface area (Å²) in [6.07, 6.45) is 5.38. The summed E-state index contributed by atoms with van der Waals surface area (Å²) >= 11 is 0. The first kappa shape index (κ1) is 18.1. The second kappa shape index (κ2) is 7.67. The van der Waals surface area contributed by atoms with Gasteiger partial charge in [0.05, 0.1) is 6.54 Å². The molecule has 1 aromatic heterocycles. The van der Waals surface area contributed by atoms with Gasteiger partial charge < -0.3 is 10.6 Å². The van der Waals surface area contributed by atoms with Crippen LogP contribution in [0.2, 0.25) is 0 Å². The third-order valence-electron chi connectivity index (χ3n) is 4.78. The van der Waals surface area contributed by atoms with Gasteiger partial charge in [-0.1, -0.05) is 12.8 Å². The maximum atomic E-state index is 12.4. The maximum absolute atomic E-state index is 12.4. The highest BCUT2D eigenvalue weighted by Crippen LogP contribution is 2.21. The highest BCUT2D eigenvalue weighted by atomic mass is 32.2. The second-order valence-corrected chi connectivity index (χ2v) is 8.40. The Morgan fingerprint density at radius 1 is 1.20 bits per heavy atom. The molecule has 0 atom stereocenters. The first-order valence-electron chi connectivity index (χ1n) is 8.68. The number of pyridine rings is 1. The summed E-state index contributed by atoms with van der Waals surface area (Å²) in [6.45, 7) is 3.19. The molecule has 8 nitrogen and oxygen atoms in total. The van der Waals surface area contributed by atoms with Crippen LogP contribution in [0.5, 0.6) is 0 Å². The average molecular weight is 367 g/mol. The number of sulfonamides is 1. The second-order valence-electron chi connectivity index (χ2n) is 6.68. The molecule has 0 radical (unpaired) electrons. The average Bonchev–Trinajstić information content (AvgIpc) is 3.07. The van der Waals surface area contributed by atoms with E-state index in [0.717, 1.165) is 57.7 Å². The molecule has 0 aromatic carbocycles. The van der Waals surface area contributed by atoms with Gasteiger partial charge >= 0.3 is 0 Å². The van der Waals surface area contributed by atoms with E-state index in [2.05, 4.69) is 14.6 Å². The number of carbonyl (C=O) groups excluding carboxylic acids is 1. The number of piperazine rings is 1. The molecule has 1 amide bonds. The van der Waals surface area contributed by atoms with Crippen molar-refractivity contribution in [1.29, 1.82) is 0 Å². The van der Waals surface area contributed by atoms with Crippen LogP contribution >= 0.6 is 0 Å². The zero-order valence-electron chi connectivity index (χ0n) is 14.2. The van der Waals surface area contributed by atoms with Gasteiger partial charge in [-0.15, -0.1) is 0 Å². The summed E-state index contributed by atoms with van der Waals surface area (Å²) in [7, 11) is -3.50. The Morgan fingerprint density at radius 3 is 2.44 bits per heavy atom. The molecule has 1 aliphatic heterocycles. The Kier molecular flexibility index (Phi) is 5.55. The number of rotatable bonds is 6. The first-order chi connectivity index (χ1) is 11.9. The molecule has 1 saturated carbocycles. The standard InChI is InChI=1S/C16H25N5O3S/c17-15(22)12-20-7-9-21(10-8-20)16-6-5-14(11-18-16)25(23,24)19-13-3-1-2-4-13/h5-6,11,13,19H,1-4,7-10,12H2,(H2,17,22). The lowest BCUT2D eigenvalue weighted by atomic mass is 10.3. The lowest BCUT2D eigenvalue weighted by Gasteiger charge is -2.34. The number of primary amides is 1. The minimum atomic E-state index is -3.50. The minimum absolute atomic E-state index is 0.0445. The van der Waals surface area contributed by atoms with Crippen LogP contribution in [-0.2, 0) is 14.8 Å². The van der Waals surface area contributed by atoms with Crippen LogP contribution in [-0.4, -0.2) is 63.0 Å². The molecule has 0 spiro atoms. The van der Waals surface area contributed by atoms with Gasteiger partial charge in [-0.3, -0.25) is 9.69 Å². The molecule has 1 aliphatic carbocycles. The molecule has 2 aliphatic rings. The fourth-order valence-electron chi connectivity index (χ4n) is 3.41. The summed E-state index contributed by atoms with van der Waals surface area (Å²) in [6, 6.07) is 3.39. The van der Waals surface area contributed by atoms with Crippen molar-refractivity contribution in [3.05, 3.63) is 18.3 Å². The van der Waals surface area contributed by atoms with Crippen LogP contribution in [0, 0.1) is 0 Å². The van der Waals surface area contributed by atoms with Crippen molar-refractivity contribution < 1.29 is 13.2 Å². The number of amides is 1. The van der Waals surface area contributed by atoms with E-state index < -0.39 is 10.0 Å². The highest BCUT2D eigenvalue weighted by molar-refractivity contribution is 7.89. The predicted octanol–water partition coefficient (Wildman–Crippen LogP) is -0.0902. The summed E-state index contributed by atoms with van der Waals surface area (Å²) < 4.78 is 27.6. The number of aromatic nitrogens is 1. The lowest BCUT2D eigenvalue weighted by molar-refractivity contribution is -0.119. The van der Waals surface area contributed by atoms with Crippen LogP contribution < -0.4 is 15.4 Å². The fourth-order valence-corrected chi connectivity index (χ4v) is 4.65. The summed E-state index contributed by atoms with van der Waals surface area (Å²) in [5, 5.41) is 0. The molecule has 138 valence electrons. The summed E-state index contributed by atoms with van der Waals surface area (Å²) in [4.78, 5) is 19.6. The Labute approximate surface area is 148 Å². The lowest BCUT2D eigenvalue weighted by Crippen LogP contribution is -2.49. The molecule has 0 unspecified atom stereocenters. The highest BCUT2D eigenvalue weighted by Gasteiger charge is 2.24. The van der Waals surface area contributed by atoms with E-state index in [9.17, 15) is 13.2 Å². The number of anilines is 1. The van der Waals surface area contributed by atoms with Gasteiger partial charge in [0.15, 0.2) is 0 Å². The molecule has 9 heteroatoms. The molecular formula is C16H25N5O3S. The van der Waals surface area contributed by atoms with Crippen molar-refractivity contribution in [2.24, 2.45) is 5.73 Å². The molecular weight excluding hydrogens is 342 g/mol. The third-order valence-corrected chi connectivity index (χ3v) is 6.29. The topological polar surface area (TPSA) is 109 Å². The van der Waals surface area contributed by atoms with Crippen LogP contribution in [0.4, 0.5) is 5.82 Å². The largest absolute Gasteiger partial charge is 0.369 e. The van der Waals surface area contributed by atoms with Crippen LogP contribution in [0.3, 0.4) is 0 Å². The maximum Gasteiger partial charge on any atom is 0.242 e. The quantitative estimate of drug-likeness (QED) is 0.727. The number of nitrogens with zero attached hydrogens (tertiary/aromatic N) is 3. The van der Waals surface area contributed by atoms with Crippen LogP contribution in [0.15, 0.2) is 23.2 Å². The molecule has 1 aromatic rings. The van der Waals surface area contributed by atoms with E-state index in [0.29, 0.717) is 0 Å². The van der Waals surface area contributed by atoms with E-state index in [1.54, 1.807) is 12.1 Å². The summed E-state index contributed by atoms with van der Waals surface area (Å²) in [5.74, 6) is 0.425. The monoisotopic (exact) mass is 367 g/mol. The molecule has 1 saturated heterocycles. The van der Waals surface area contributed by atoms with Crippen molar-refractivity contribution in [1.82, 2.24) is 14.6 Å². The molecule has 2 fully saturated rings. The van der Waals surface area contributed by atoms with Crippen LogP contribution in [0.25, 0.3) is 0 Å². The normalized spacial score (nSPS) is 20.1. The van der Waals surface area contributed by atoms with Gasteiger partial charge in [-0.25, -0.2) is 18.1 Å². The zero-order valence-corrected chi connectivity index (χ0v) is 15.0. The third kappa shape index (κ3) is 4.68. The van der Waals surface area contributed by atoms with E-state index >= 15 is 0 Å². The van der Waals surface area contributed by atoms with Gasteiger partial charge in [-0.2, -0.15) is 0 Å². The minimum Gasteiger partial charge on any atom is -0.369 e. The number of nitrogens with two attached hydrogens (primary N) is 1. The van der Waals surface area contributed by atoms with Crippen molar-refractivity contribution in [2.45, 2.75) is 36.6 Å². The van der Waals surface area contributed by atoms with E-state index in [1.807, 2.05) is 4.90 Å². The van der Waals surface area contributed by atoms with Crippen LogP contribution in [0.1, 0.15) is 25.7 Å². The molecule has 3 rings (SSSR count). The number of hydrogen-bond donors (Lipinski definition) is 2. The summed E-state index contributed by atoms with van der Waals surface area (Å²) in [5.41, 5.74) is 5.22. The first-order valence-corrected chi connectivity index (χ1v) is 10.2. The van der Waals surface area contributed by atoms with E-state index in [-0.39, 0.29) is 23.4 Å². The number of hydrogen-bond acceptors (Lipinski definition) is 6. The Balaban J connectivity index is 1.59. The van der Waals surface area contributed by atoms with Gasteiger partial charge in [-0.05, 0) is 25.0 Å². The molecule has 2 heterocycles. The molecule has 3 N–H and O–H groups in total. The van der Waals surface area contributed by atoms with E-state index in [1.165, 1.54) is 6.20 Å². The Hall–Kier alpha value is -1.71. The van der Waals surface area contributed by atoms with Gasteiger partial charge in [0.2, 0.25) is 15.9 Å². The van der Waals surface area contributed by atoms with Gasteiger partial charge in [0.25, 0.3) is 0 Å². The SMILES string of the molecule is NC(=O)CN1CCN(c2ccc(S(=O)(=O)NC3CCCC3)cn2)CC1. The number of nitrogens with one attached hydrogen (secondary N) is 1. The Morgan fingerprint density at radius 2 is 1.88 bits per heavy atom. The molecule has 0 bridgehead atoms. The smallest absolute Gasteiger partial charge is 0.242 e. The zero-order chi connectivity index (χ0) is 17.9. The predicted molar refractivity (Wildman–Crippen MR) is 94.7 cm³/mol. The van der Waals surface area contributed by atoms with Crippen molar-refractivity contribution in [3.63, 3.8) is 0 Å². The molecule has 25 heavy (non-hydrogen) atoms. The van der Waals surface area contributed by atoms with Gasteiger partial charge in [0, 0.05) is 38.4 Å². The fraction of sp³-hybridized carbons (Fsp3) is 0.625. The van der Waals surface area contributed by atoms with Crippen molar-refractivity contribution >= 4 is 21.7 Å². The van der Waals surface area contributed by atoms with Crippen molar-refractivity contribution in [2.75, 3.05) is 37.6 Å². The van der Waals surface area contributed by atoms with Crippen molar-refractivity contribution in [3.8, 4) is 0 Å². The van der Waals surface area contributed by atoms with Gasteiger partial charge in [0.1, 0.15) is 10.7 Å². The number of carbonyl (C=O) groups is 1. The van der Waals surface area contributed by atoms with E-state index in [4.69, 9.17) is 5.73 Å².